The Morgan fingerprint density at radius 1 is 0.963 bits per heavy atom. The smallest absolute Gasteiger partial charge is 0.312 e. The van der Waals surface area contributed by atoms with Crippen LogP contribution in [0.15, 0.2) is 0 Å². The van der Waals surface area contributed by atoms with Gasteiger partial charge in [-0.3, -0.25) is 9.59 Å². The van der Waals surface area contributed by atoms with Gasteiger partial charge in [-0.25, -0.2) is 0 Å². The van der Waals surface area contributed by atoms with Crippen LogP contribution >= 0.6 is 0 Å². The van der Waals surface area contributed by atoms with Crippen LogP contribution in [0.4, 0.5) is 0 Å². The first kappa shape index (κ1) is 24.0. The van der Waals surface area contributed by atoms with Crippen LogP contribution in [-0.4, -0.2) is 23.7 Å². The zero-order valence-corrected chi connectivity index (χ0v) is 18.4. The van der Waals surface area contributed by atoms with Crippen molar-refractivity contribution in [3.05, 3.63) is 0 Å². The molecule has 1 aliphatic rings. The molecule has 158 valence electrons. The van der Waals surface area contributed by atoms with Crippen LogP contribution < -0.4 is 0 Å². The van der Waals surface area contributed by atoms with Gasteiger partial charge in [-0.15, -0.1) is 0 Å². The Hall–Kier alpha value is -1.06. The molecule has 0 bridgehead atoms. The maximum Gasteiger partial charge on any atom is 0.312 e. The standard InChI is InChI=1S/C23H42O4/c1-16(2)12-20(21(24)25)23(13-17(3)4,22(26)27-15-18(5)6)14-19-10-8-7-9-11-19/h16-20H,7-15H2,1-6H3,(H,24,25). The number of carboxylic acids is 1. The minimum atomic E-state index is -0.916. The Morgan fingerprint density at radius 2 is 1.56 bits per heavy atom. The van der Waals surface area contributed by atoms with Gasteiger partial charge in [0.15, 0.2) is 0 Å². The van der Waals surface area contributed by atoms with Gasteiger partial charge in [0.2, 0.25) is 0 Å². The molecule has 2 unspecified atom stereocenters. The van der Waals surface area contributed by atoms with Gasteiger partial charge in [-0.1, -0.05) is 73.6 Å². The van der Waals surface area contributed by atoms with Gasteiger partial charge in [-0.05, 0) is 42.9 Å². The number of carboxylic acid groups (broad SMARTS) is 1. The normalized spacial score (nSPS) is 19.3. The average molecular weight is 383 g/mol. The summed E-state index contributed by atoms with van der Waals surface area (Å²) in [6.45, 7) is 12.6. The fourth-order valence-corrected chi connectivity index (χ4v) is 4.73. The maximum absolute atomic E-state index is 13.4. The third kappa shape index (κ3) is 7.46. The number of hydrogen-bond acceptors (Lipinski definition) is 3. The third-order valence-electron chi connectivity index (χ3n) is 5.78. The first-order valence-electron chi connectivity index (χ1n) is 11.0. The summed E-state index contributed by atoms with van der Waals surface area (Å²) in [4.78, 5) is 25.8. The van der Waals surface area contributed by atoms with Gasteiger partial charge >= 0.3 is 11.9 Å². The minimum absolute atomic E-state index is 0.224. The van der Waals surface area contributed by atoms with Gasteiger partial charge in [0.05, 0.1) is 17.9 Å². The highest BCUT2D eigenvalue weighted by atomic mass is 16.5. The molecule has 1 aliphatic carbocycles. The molecule has 27 heavy (non-hydrogen) atoms. The van der Waals surface area contributed by atoms with Crippen molar-refractivity contribution in [1.82, 2.24) is 0 Å². The molecule has 0 aromatic carbocycles. The molecule has 0 aliphatic heterocycles. The van der Waals surface area contributed by atoms with Crippen molar-refractivity contribution in [2.24, 2.45) is 35.0 Å². The molecule has 0 radical (unpaired) electrons. The van der Waals surface area contributed by atoms with Gasteiger partial charge in [-0.2, -0.15) is 0 Å². The van der Waals surface area contributed by atoms with E-state index in [0.29, 0.717) is 31.8 Å². The van der Waals surface area contributed by atoms with Crippen molar-refractivity contribution in [1.29, 1.82) is 0 Å². The van der Waals surface area contributed by atoms with Crippen LogP contribution in [-0.2, 0) is 14.3 Å². The van der Waals surface area contributed by atoms with Gasteiger partial charge in [0, 0.05) is 0 Å². The van der Waals surface area contributed by atoms with Gasteiger partial charge < -0.3 is 9.84 Å². The van der Waals surface area contributed by atoms with Crippen LogP contribution in [0, 0.1) is 35.0 Å². The second-order valence-corrected chi connectivity index (χ2v) is 9.97. The Balaban J connectivity index is 3.29. The summed E-state index contributed by atoms with van der Waals surface area (Å²) in [7, 11) is 0. The van der Waals surface area contributed by atoms with Crippen molar-refractivity contribution in [2.45, 2.75) is 92.9 Å². The average Bonchev–Trinajstić information content (AvgIpc) is 2.56. The molecule has 4 heteroatoms. The molecule has 2 atom stereocenters. The molecule has 1 saturated carbocycles. The van der Waals surface area contributed by atoms with Crippen molar-refractivity contribution >= 4 is 11.9 Å². The summed E-state index contributed by atoms with van der Waals surface area (Å²) in [5.74, 6) is -0.658. The van der Waals surface area contributed by atoms with Crippen molar-refractivity contribution < 1.29 is 19.4 Å². The summed E-state index contributed by atoms with van der Waals surface area (Å²) in [5.41, 5.74) is -0.916. The van der Waals surface area contributed by atoms with E-state index in [1.165, 1.54) is 19.3 Å². The predicted octanol–water partition coefficient (Wildman–Crippen LogP) is 5.94. The lowest BCUT2D eigenvalue weighted by Crippen LogP contribution is -2.47. The minimum Gasteiger partial charge on any atom is -0.481 e. The predicted molar refractivity (Wildman–Crippen MR) is 109 cm³/mol. The van der Waals surface area contributed by atoms with E-state index >= 15 is 0 Å². The van der Waals surface area contributed by atoms with E-state index < -0.39 is 17.3 Å². The lowest BCUT2D eigenvalue weighted by atomic mass is 9.62. The number of aliphatic carboxylic acids is 1. The molecular formula is C23H42O4. The SMILES string of the molecule is CC(C)COC(=O)C(CC(C)C)(CC1CCCCC1)C(CC(C)C)C(=O)O. The Bertz CT molecular complexity index is 463. The first-order chi connectivity index (χ1) is 12.6. The largest absolute Gasteiger partial charge is 0.481 e. The van der Waals surface area contributed by atoms with Crippen molar-refractivity contribution in [3.8, 4) is 0 Å². The second-order valence-electron chi connectivity index (χ2n) is 9.97. The van der Waals surface area contributed by atoms with E-state index in [1.54, 1.807) is 0 Å². The van der Waals surface area contributed by atoms with Crippen LogP contribution in [0.3, 0.4) is 0 Å². The Labute approximate surface area is 166 Å². The number of esters is 1. The lowest BCUT2D eigenvalue weighted by Gasteiger charge is -2.41. The fraction of sp³-hybridized carbons (Fsp3) is 0.913. The first-order valence-corrected chi connectivity index (χ1v) is 11.0. The molecule has 1 rings (SSSR count). The molecule has 0 saturated heterocycles. The van der Waals surface area contributed by atoms with Crippen LogP contribution in [0.25, 0.3) is 0 Å². The summed E-state index contributed by atoms with van der Waals surface area (Å²) in [5, 5.41) is 10.1. The molecule has 0 spiro atoms. The van der Waals surface area contributed by atoms with E-state index in [2.05, 4.69) is 13.8 Å². The maximum atomic E-state index is 13.4. The molecule has 4 nitrogen and oxygen atoms in total. The zero-order valence-electron chi connectivity index (χ0n) is 18.4. The zero-order chi connectivity index (χ0) is 20.6. The fourth-order valence-electron chi connectivity index (χ4n) is 4.73. The Morgan fingerprint density at radius 3 is 2.00 bits per heavy atom. The van der Waals surface area contributed by atoms with Crippen molar-refractivity contribution in [2.75, 3.05) is 6.61 Å². The van der Waals surface area contributed by atoms with E-state index in [-0.39, 0.29) is 23.7 Å². The molecule has 0 heterocycles. The highest BCUT2D eigenvalue weighted by molar-refractivity contribution is 5.84. The summed E-state index contributed by atoms with van der Waals surface area (Å²) in [6.07, 6.45) is 7.59. The number of carbonyl (C=O) groups excluding carboxylic acids is 1. The van der Waals surface area contributed by atoms with Crippen LogP contribution in [0.2, 0.25) is 0 Å². The van der Waals surface area contributed by atoms with Gasteiger partial charge in [0.1, 0.15) is 0 Å². The van der Waals surface area contributed by atoms with Crippen LogP contribution in [0.5, 0.6) is 0 Å². The molecule has 0 aromatic heterocycles. The lowest BCUT2D eigenvalue weighted by molar-refractivity contribution is -0.173. The van der Waals surface area contributed by atoms with E-state index in [4.69, 9.17) is 4.74 Å². The number of carbonyl (C=O) groups is 2. The highest BCUT2D eigenvalue weighted by Gasteiger charge is 2.51. The summed E-state index contributed by atoms with van der Waals surface area (Å²) >= 11 is 0. The molecule has 0 amide bonds. The molecular weight excluding hydrogens is 340 g/mol. The molecule has 1 N–H and O–H groups in total. The molecule has 1 fully saturated rings. The number of rotatable bonds is 11. The van der Waals surface area contributed by atoms with Gasteiger partial charge in [0.25, 0.3) is 0 Å². The van der Waals surface area contributed by atoms with E-state index in [1.807, 2.05) is 27.7 Å². The highest BCUT2D eigenvalue weighted by Crippen LogP contribution is 2.47. The topological polar surface area (TPSA) is 63.6 Å². The van der Waals surface area contributed by atoms with Crippen LogP contribution in [0.1, 0.15) is 92.9 Å². The second kappa shape index (κ2) is 11.1. The molecule has 0 aromatic rings. The van der Waals surface area contributed by atoms with E-state index in [0.717, 1.165) is 12.8 Å². The quantitative estimate of drug-likeness (QED) is 0.449. The number of ether oxygens (including phenoxy) is 1. The monoisotopic (exact) mass is 382 g/mol. The summed E-state index contributed by atoms with van der Waals surface area (Å²) in [6, 6.07) is 0. The van der Waals surface area contributed by atoms with E-state index in [9.17, 15) is 14.7 Å². The number of hydrogen-bond donors (Lipinski definition) is 1. The Kier molecular flexibility index (Phi) is 9.83. The summed E-state index contributed by atoms with van der Waals surface area (Å²) < 4.78 is 5.72. The van der Waals surface area contributed by atoms with Crippen molar-refractivity contribution in [3.63, 3.8) is 0 Å². The third-order valence-corrected chi connectivity index (χ3v) is 5.78.